The minimum Gasteiger partial charge on any atom is -0.392 e. The lowest BCUT2D eigenvalue weighted by atomic mass is 10.0. The number of primary amides is 1. The standard InChI is InChI=1S/C21H16FN2O2/c22-15-7-4-13(5-8-15)11-24-18-3-1-2-17(21(23)26)20(18)16-9-6-14(12-25)10-19(16)24/h1-8,10,25H,11-12H2,(H2,23,26). The number of hydrogen-bond donors (Lipinski definition) is 2. The second-order valence-electron chi connectivity index (χ2n) is 6.20. The van der Waals surface area contributed by atoms with Crippen molar-refractivity contribution in [2.75, 3.05) is 0 Å². The van der Waals surface area contributed by atoms with Crippen LogP contribution in [0.1, 0.15) is 21.5 Å². The lowest BCUT2D eigenvalue weighted by Crippen LogP contribution is -2.11. The van der Waals surface area contributed by atoms with E-state index in [0.717, 1.165) is 32.9 Å². The summed E-state index contributed by atoms with van der Waals surface area (Å²) in [4.78, 5) is 11.9. The molecule has 3 aromatic carbocycles. The normalized spacial score (nSPS) is 11.3. The van der Waals surface area contributed by atoms with Crippen LogP contribution in [-0.2, 0) is 13.2 Å². The van der Waals surface area contributed by atoms with Gasteiger partial charge in [-0.2, -0.15) is 0 Å². The SMILES string of the molecule is NC(=O)c1cccc2c1c1[c]cc(CO)cc1n2Cc1ccc(F)cc1. The average Bonchev–Trinajstić information content (AvgIpc) is 2.96. The van der Waals surface area contributed by atoms with Gasteiger partial charge in [-0.25, -0.2) is 4.39 Å². The van der Waals surface area contributed by atoms with E-state index in [0.29, 0.717) is 12.1 Å². The summed E-state index contributed by atoms with van der Waals surface area (Å²) in [5.41, 5.74) is 9.31. The number of amides is 1. The summed E-state index contributed by atoms with van der Waals surface area (Å²) in [5, 5.41) is 11.0. The molecule has 0 atom stereocenters. The van der Waals surface area contributed by atoms with E-state index < -0.39 is 5.91 Å². The minimum atomic E-state index is -0.504. The van der Waals surface area contributed by atoms with Crippen molar-refractivity contribution in [3.63, 3.8) is 0 Å². The Balaban J connectivity index is 2.03. The molecule has 1 aromatic heterocycles. The van der Waals surface area contributed by atoms with Gasteiger partial charge in [0.05, 0.1) is 17.6 Å². The molecule has 0 aliphatic rings. The Morgan fingerprint density at radius 2 is 1.88 bits per heavy atom. The van der Waals surface area contributed by atoms with E-state index in [2.05, 4.69) is 6.07 Å². The van der Waals surface area contributed by atoms with Gasteiger partial charge in [-0.3, -0.25) is 4.79 Å². The van der Waals surface area contributed by atoms with Gasteiger partial charge in [0.15, 0.2) is 0 Å². The number of fused-ring (bicyclic) bond motifs is 3. The maximum Gasteiger partial charge on any atom is 0.249 e. The molecule has 5 heteroatoms. The van der Waals surface area contributed by atoms with Gasteiger partial charge >= 0.3 is 0 Å². The molecule has 129 valence electrons. The number of nitrogens with two attached hydrogens (primary N) is 1. The summed E-state index contributed by atoms with van der Waals surface area (Å²) in [6, 6.07) is 18.5. The molecule has 0 unspecified atom stereocenters. The summed E-state index contributed by atoms with van der Waals surface area (Å²) in [5.74, 6) is -0.793. The fraction of sp³-hybridized carbons (Fsp3) is 0.0952. The lowest BCUT2D eigenvalue weighted by Gasteiger charge is -2.09. The maximum atomic E-state index is 13.2. The Hall–Kier alpha value is -3.18. The number of nitrogens with zero attached hydrogens (tertiary/aromatic N) is 1. The average molecular weight is 347 g/mol. The van der Waals surface area contributed by atoms with Gasteiger partial charge in [0, 0.05) is 22.9 Å². The van der Waals surface area contributed by atoms with Gasteiger partial charge < -0.3 is 15.4 Å². The van der Waals surface area contributed by atoms with Gasteiger partial charge in [-0.15, -0.1) is 0 Å². The number of carbonyl (C=O) groups excluding carboxylic acids is 1. The third-order valence-corrected chi connectivity index (χ3v) is 4.56. The van der Waals surface area contributed by atoms with Gasteiger partial charge in [-0.05, 0) is 53.6 Å². The number of aliphatic hydroxyl groups is 1. The Morgan fingerprint density at radius 1 is 1.12 bits per heavy atom. The smallest absolute Gasteiger partial charge is 0.249 e. The third kappa shape index (κ3) is 2.62. The molecule has 1 amide bonds. The molecule has 0 aliphatic heterocycles. The van der Waals surface area contributed by atoms with Crippen LogP contribution in [0.15, 0.2) is 54.6 Å². The Morgan fingerprint density at radius 3 is 2.58 bits per heavy atom. The Labute approximate surface area is 149 Å². The monoisotopic (exact) mass is 347 g/mol. The summed E-state index contributed by atoms with van der Waals surface area (Å²) < 4.78 is 15.2. The van der Waals surface area contributed by atoms with Crippen LogP contribution in [0.25, 0.3) is 21.8 Å². The molecule has 0 fully saturated rings. The van der Waals surface area contributed by atoms with Crippen molar-refractivity contribution in [2.24, 2.45) is 5.73 Å². The predicted octanol–water partition coefficient (Wildman–Crippen LogP) is 3.37. The molecule has 1 heterocycles. The zero-order chi connectivity index (χ0) is 18.3. The van der Waals surface area contributed by atoms with Crippen molar-refractivity contribution < 1.29 is 14.3 Å². The first-order valence-corrected chi connectivity index (χ1v) is 8.19. The number of hydrogen-bond acceptors (Lipinski definition) is 2. The second kappa shape index (κ2) is 6.28. The van der Waals surface area contributed by atoms with E-state index >= 15 is 0 Å². The molecule has 4 aromatic rings. The highest BCUT2D eigenvalue weighted by molar-refractivity contribution is 6.17. The number of carbonyl (C=O) groups is 1. The topological polar surface area (TPSA) is 68.2 Å². The maximum absolute atomic E-state index is 13.2. The number of benzene rings is 3. The van der Waals surface area contributed by atoms with Crippen LogP contribution in [0.5, 0.6) is 0 Å². The van der Waals surface area contributed by atoms with E-state index in [1.165, 1.54) is 12.1 Å². The molecule has 26 heavy (non-hydrogen) atoms. The van der Waals surface area contributed by atoms with Crippen molar-refractivity contribution in [3.8, 4) is 0 Å². The van der Waals surface area contributed by atoms with Crippen LogP contribution in [0.3, 0.4) is 0 Å². The van der Waals surface area contributed by atoms with Crippen molar-refractivity contribution in [2.45, 2.75) is 13.2 Å². The quantitative estimate of drug-likeness (QED) is 0.594. The Kier molecular flexibility index (Phi) is 3.93. The van der Waals surface area contributed by atoms with Crippen molar-refractivity contribution in [1.29, 1.82) is 0 Å². The van der Waals surface area contributed by atoms with Crippen LogP contribution < -0.4 is 5.73 Å². The first-order chi connectivity index (χ1) is 12.6. The van der Waals surface area contributed by atoms with Crippen LogP contribution in [0, 0.1) is 11.9 Å². The van der Waals surface area contributed by atoms with Crippen molar-refractivity contribution in [3.05, 3.63) is 83.2 Å². The number of halogens is 1. The first-order valence-electron chi connectivity index (χ1n) is 8.19. The van der Waals surface area contributed by atoms with E-state index in [1.807, 2.05) is 16.7 Å². The molecular formula is C21H16FN2O2. The zero-order valence-electron chi connectivity index (χ0n) is 13.9. The van der Waals surface area contributed by atoms with E-state index in [4.69, 9.17) is 5.73 Å². The third-order valence-electron chi connectivity index (χ3n) is 4.56. The fourth-order valence-electron chi connectivity index (χ4n) is 3.34. The lowest BCUT2D eigenvalue weighted by molar-refractivity contribution is 0.100. The molecule has 1 radical (unpaired) electrons. The van der Waals surface area contributed by atoms with Crippen LogP contribution in [0.4, 0.5) is 4.39 Å². The molecule has 0 saturated heterocycles. The Bertz CT molecular complexity index is 1130. The molecule has 4 rings (SSSR count). The summed E-state index contributed by atoms with van der Waals surface area (Å²) in [6.45, 7) is 0.387. The highest BCUT2D eigenvalue weighted by Gasteiger charge is 2.17. The van der Waals surface area contributed by atoms with Crippen molar-refractivity contribution >= 4 is 27.7 Å². The highest BCUT2D eigenvalue weighted by Crippen LogP contribution is 2.32. The molecule has 3 N–H and O–H groups in total. The summed E-state index contributed by atoms with van der Waals surface area (Å²) in [7, 11) is 0. The van der Waals surface area contributed by atoms with Crippen LogP contribution in [0.2, 0.25) is 0 Å². The van der Waals surface area contributed by atoms with E-state index in [1.54, 1.807) is 30.3 Å². The van der Waals surface area contributed by atoms with E-state index in [9.17, 15) is 14.3 Å². The van der Waals surface area contributed by atoms with Crippen LogP contribution >= 0.6 is 0 Å². The zero-order valence-corrected chi connectivity index (χ0v) is 13.9. The number of rotatable bonds is 4. The molecule has 0 saturated carbocycles. The van der Waals surface area contributed by atoms with Crippen molar-refractivity contribution in [1.82, 2.24) is 4.57 Å². The molecule has 4 nitrogen and oxygen atoms in total. The summed E-state index contributed by atoms with van der Waals surface area (Å²) in [6.07, 6.45) is 0. The molecular weight excluding hydrogens is 331 g/mol. The highest BCUT2D eigenvalue weighted by atomic mass is 19.1. The molecule has 0 aliphatic carbocycles. The van der Waals surface area contributed by atoms with E-state index in [-0.39, 0.29) is 12.4 Å². The fourth-order valence-corrected chi connectivity index (χ4v) is 3.34. The van der Waals surface area contributed by atoms with Gasteiger partial charge in [-0.1, -0.05) is 18.2 Å². The minimum absolute atomic E-state index is 0.104. The van der Waals surface area contributed by atoms with Gasteiger partial charge in [0.25, 0.3) is 0 Å². The number of aliphatic hydroxyl groups excluding tert-OH is 1. The second-order valence-corrected chi connectivity index (χ2v) is 6.20. The largest absolute Gasteiger partial charge is 0.392 e. The molecule has 0 bridgehead atoms. The van der Waals surface area contributed by atoms with Gasteiger partial charge in [0.2, 0.25) is 5.91 Å². The number of aromatic nitrogens is 1. The van der Waals surface area contributed by atoms with Gasteiger partial charge in [0.1, 0.15) is 5.82 Å². The first kappa shape index (κ1) is 16.3. The van der Waals surface area contributed by atoms with Crippen LogP contribution in [-0.4, -0.2) is 15.6 Å². The summed E-state index contributed by atoms with van der Waals surface area (Å²) >= 11 is 0. The predicted molar refractivity (Wildman–Crippen MR) is 98.2 cm³/mol. The molecule has 0 spiro atoms.